The Labute approximate surface area is 85.8 Å². The Hall–Kier alpha value is -0.610. The van der Waals surface area contributed by atoms with Crippen LogP contribution in [0.1, 0.15) is 26.2 Å². The molecule has 0 aromatic rings. The van der Waals surface area contributed by atoms with E-state index in [1.54, 1.807) is 7.05 Å². The third-order valence-electron chi connectivity index (χ3n) is 2.96. The lowest BCUT2D eigenvalue weighted by molar-refractivity contribution is -0.121. The number of carbonyl (C=O) groups excluding carboxylic acids is 1. The van der Waals surface area contributed by atoms with Gasteiger partial charge in [0.05, 0.1) is 0 Å². The van der Waals surface area contributed by atoms with E-state index in [9.17, 15) is 4.79 Å². The molecule has 4 nitrogen and oxygen atoms in total. The number of carbonyl (C=O) groups is 1. The van der Waals surface area contributed by atoms with Gasteiger partial charge >= 0.3 is 0 Å². The Balaban J connectivity index is 2.27. The fourth-order valence-corrected chi connectivity index (χ4v) is 1.96. The number of nitrogens with zero attached hydrogens (tertiary/aromatic N) is 1. The molecular formula is C10H21N3O. The summed E-state index contributed by atoms with van der Waals surface area (Å²) in [6, 6.07) is 0.865. The summed E-state index contributed by atoms with van der Waals surface area (Å²) in [5, 5.41) is 2.64. The zero-order valence-corrected chi connectivity index (χ0v) is 9.12. The van der Waals surface area contributed by atoms with Crippen LogP contribution in [-0.4, -0.2) is 43.0 Å². The number of nitrogens with two attached hydrogens (primary N) is 1. The topological polar surface area (TPSA) is 58.4 Å². The highest BCUT2D eigenvalue weighted by molar-refractivity contribution is 5.75. The Morgan fingerprint density at radius 3 is 2.93 bits per heavy atom. The highest BCUT2D eigenvalue weighted by Gasteiger charge is 2.22. The van der Waals surface area contributed by atoms with E-state index in [-0.39, 0.29) is 5.91 Å². The van der Waals surface area contributed by atoms with Gasteiger partial charge in [-0.1, -0.05) is 0 Å². The molecule has 14 heavy (non-hydrogen) atoms. The van der Waals surface area contributed by atoms with Gasteiger partial charge in [0.15, 0.2) is 0 Å². The molecule has 1 saturated heterocycles. The van der Waals surface area contributed by atoms with Crippen LogP contribution in [0.5, 0.6) is 0 Å². The van der Waals surface area contributed by atoms with Crippen molar-refractivity contribution in [1.29, 1.82) is 0 Å². The van der Waals surface area contributed by atoms with Gasteiger partial charge < -0.3 is 16.0 Å². The number of amides is 1. The SMILES string of the molecule is CNC(=O)CCN1CCC(N)CC1C. The molecule has 1 aliphatic rings. The van der Waals surface area contributed by atoms with Crippen LogP contribution < -0.4 is 11.1 Å². The molecule has 2 unspecified atom stereocenters. The summed E-state index contributed by atoms with van der Waals surface area (Å²) < 4.78 is 0. The second-order valence-corrected chi connectivity index (χ2v) is 4.09. The van der Waals surface area contributed by atoms with Crippen LogP contribution >= 0.6 is 0 Å². The van der Waals surface area contributed by atoms with Gasteiger partial charge in [0.1, 0.15) is 0 Å². The van der Waals surface area contributed by atoms with E-state index < -0.39 is 0 Å². The van der Waals surface area contributed by atoms with Crippen LogP contribution in [0.15, 0.2) is 0 Å². The van der Waals surface area contributed by atoms with Gasteiger partial charge in [0.2, 0.25) is 5.91 Å². The Kier molecular flexibility index (Phi) is 4.35. The highest BCUT2D eigenvalue weighted by Crippen LogP contribution is 2.15. The van der Waals surface area contributed by atoms with Crippen LogP contribution in [0.3, 0.4) is 0 Å². The predicted octanol–water partition coefficient (Wildman–Crippen LogP) is -0.0659. The van der Waals surface area contributed by atoms with Gasteiger partial charge in [-0.05, 0) is 26.3 Å². The predicted molar refractivity (Wildman–Crippen MR) is 56.9 cm³/mol. The minimum Gasteiger partial charge on any atom is -0.359 e. The summed E-state index contributed by atoms with van der Waals surface area (Å²) in [4.78, 5) is 13.4. The molecule has 1 fully saturated rings. The molecule has 1 rings (SSSR count). The van der Waals surface area contributed by atoms with Gasteiger partial charge in [0, 0.05) is 32.1 Å². The van der Waals surface area contributed by atoms with Crippen molar-refractivity contribution in [3.8, 4) is 0 Å². The van der Waals surface area contributed by atoms with Crippen molar-refractivity contribution in [3.05, 3.63) is 0 Å². The van der Waals surface area contributed by atoms with E-state index in [2.05, 4.69) is 17.1 Å². The quantitative estimate of drug-likeness (QED) is 0.669. The Morgan fingerprint density at radius 1 is 1.64 bits per heavy atom. The van der Waals surface area contributed by atoms with Crippen molar-refractivity contribution in [2.24, 2.45) is 5.73 Å². The molecule has 82 valence electrons. The van der Waals surface area contributed by atoms with Crippen molar-refractivity contribution in [1.82, 2.24) is 10.2 Å². The zero-order valence-electron chi connectivity index (χ0n) is 9.12. The van der Waals surface area contributed by atoms with E-state index >= 15 is 0 Å². The third kappa shape index (κ3) is 3.27. The maximum Gasteiger partial charge on any atom is 0.221 e. The first kappa shape index (κ1) is 11.5. The van der Waals surface area contributed by atoms with E-state index in [4.69, 9.17) is 5.73 Å². The summed E-state index contributed by atoms with van der Waals surface area (Å²) in [5.41, 5.74) is 5.86. The Morgan fingerprint density at radius 2 is 2.36 bits per heavy atom. The minimum atomic E-state index is 0.118. The first-order valence-corrected chi connectivity index (χ1v) is 5.33. The maximum atomic E-state index is 11.1. The average molecular weight is 199 g/mol. The molecule has 0 spiro atoms. The summed E-state index contributed by atoms with van der Waals surface area (Å²) >= 11 is 0. The monoisotopic (exact) mass is 199 g/mol. The maximum absolute atomic E-state index is 11.1. The Bertz CT molecular complexity index is 196. The normalized spacial score (nSPS) is 28.8. The van der Waals surface area contributed by atoms with Crippen LogP contribution in [0.4, 0.5) is 0 Å². The van der Waals surface area contributed by atoms with E-state index in [1.165, 1.54) is 0 Å². The summed E-state index contributed by atoms with van der Waals surface area (Å²) in [5.74, 6) is 0.118. The van der Waals surface area contributed by atoms with Crippen LogP contribution in [0, 0.1) is 0 Å². The van der Waals surface area contributed by atoms with E-state index in [1.807, 2.05) is 0 Å². The fourth-order valence-electron chi connectivity index (χ4n) is 1.96. The number of rotatable bonds is 3. The summed E-state index contributed by atoms with van der Waals surface area (Å²) in [6.45, 7) is 4.07. The van der Waals surface area contributed by atoms with Crippen LogP contribution in [0.25, 0.3) is 0 Å². The number of hydrogen-bond acceptors (Lipinski definition) is 3. The number of piperidine rings is 1. The molecule has 3 N–H and O–H groups in total. The largest absolute Gasteiger partial charge is 0.359 e. The van der Waals surface area contributed by atoms with Gasteiger partial charge in [0.25, 0.3) is 0 Å². The molecule has 0 saturated carbocycles. The molecule has 1 heterocycles. The summed E-state index contributed by atoms with van der Waals surface area (Å²) in [6.07, 6.45) is 2.70. The van der Waals surface area contributed by atoms with Gasteiger partial charge in [-0.3, -0.25) is 4.79 Å². The lowest BCUT2D eigenvalue weighted by Crippen LogP contribution is -2.46. The molecule has 0 bridgehead atoms. The fraction of sp³-hybridized carbons (Fsp3) is 0.900. The number of nitrogens with one attached hydrogen (secondary N) is 1. The molecular weight excluding hydrogens is 178 g/mol. The number of likely N-dealkylation sites (tertiary alicyclic amines) is 1. The van der Waals surface area contributed by atoms with Crippen LogP contribution in [-0.2, 0) is 4.79 Å². The van der Waals surface area contributed by atoms with Gasteiger partial charge in [-0.2, -0.15) is 0 Å². The van der Waals surface area contributed by atoms with Gasteiger partial charge in [-0.15, -0.1) is 0 Å². The lowest BCUT2D eigenvalue weighted by atomic mass is 9.99. The molecule has 0 aromatic heterocycles. The molecule has 0 aliphatic carbocycles. The van der Waals surface area contributed by atoms with Crippen molar-refractivity contribution in [3.63, 3.8) is 0 Å². The molecule has 1 amide bonds. The molecule has 0 radical (unpaired) electrons. The average Bonchev–Trinajstić information content (AvgIpc) is 2.16. The van der Waals surface area contributed by atoms with Crippen molar-refractivity contribution < 1.29 is 4.79 Å². The lowest BCUT2D eigenvalue weighted by Gasteiger charge is -2.36. The molecule has 2 atom stereocenters. The number of hydrogen-bond donors (Lipinski definition) is 2. The zero-order chi connectivity index (χ0) is 10.6. The highest BCUT2D eigenvalue weighted by atomic mass is 16.1. The van der Waals surface area contributed by atoms with Crippen molar-refractivity contribution in [2.45, 2.75) is 38.3 Å². The molecule has 4 heteroatoms. The first-order chi connectivity index (χ1) is 6.63. The molecule has 0 aromatic carbocycles. The van der Waals surface area contributed by atoms with Crippen LogP contribution in [0.2, 0.25) is 0 Å². The second-order valence-electron chi connectivity index (χ2n) is 4.09. The smallest absolute Gasteiger partial charge is 0.221 e. The summed E-state index contributed by atoms with van der Waals surface area (Å²) in [7, 11) is 1.68. The van der Waals surface area contributed by atoms with E-state index in [0.29, 0.717) is 18.5 Å². The van der Waals surface area contributed by atoms with Crippen molar-refractivity contribution in [2.75, 3.05) is 20.1 Å². The van der Waals surface area contributed by atoms with Gasteiger partial charge in [-0.25, -0.2) is 0 Å². The van der Waals surface area contributed by atoms with E-state index in [0.717, 1.165) is 25.9 Å². The second kappa shape index (κ2) is 5.32. The van der Waals surface area contributed by atoms with Crippen molar-refractivity contribution >= 4 is 5.91 Å². The third-order valence-corrected chi connectivity index (χ3v) is 2.96. The minimum absolute atomic E-state index is 0.118. The first-order valence-electron chi connectivity index (χ1n) is 5.33. The molecule has 1 aliphatic heterocycles. The standard InChI is InChI=1S/C10H21N3O/c1-8-7-9(11)3-5-13(8)6-4-10(14)12-2/h8-9H,3-7,11H2,1-2H3,(H,12,14).